The third kappa shape index (κ3) is 7.15. The van der Waals surface area contributed by atoms with E-state index < -0.39 is 0 Å². The molecule has 0 aromatic rings. The summed E-state index contributed by atoms with van der Waals surface area (Å²) in [6.45, 7) is 2.17. The summed E-state index contributed by atoms with van der Waals surface area (Å²) in [5.74, 6) is 0. The first kappa shape index (κ1) is 8.15. The fourth-order valence-corrected chi connectivity index (χ4v) is 0.399. The molecule has 0 unspecified atom stereocenters. The maximum Gasteiger partial charge on any atom is 0.0909 e. The number of allylic oxidation sites excluding steroid dienone is 1. The molecule has 0 rings (SSSR count). The highest BCUT2D eigenvalue weighted by atomic mass is 14.9. The Bertz CT molecular complexity index is 112. The van der Waals surface area contributed by atoms with Crippen LogP contribution in [0, 0.1) is 11.3 Å². The molecule has 0 aromatic carbocycles. The zero-order valence-electron chi connectivity index (χ0n) is 5.30. The summed E-state index contributed by atoms with van der Waals surface area (Å²) in [6.07, 6.45) is 3.21. The second-order valence-electron chi connectivity index (χ2n) is 1.52. The van der Waals surface area contributed by atoms with Crippen molar-refractivity contribution in [3.63, 3.8) is 0 Å². The average molecular weight is 125 g/mol. The average Bonchev–Trinajstić information content (AvgIpc) is 1.89. The van der Waals surface area contributed by atoms with Crippen LogP contribution in [0.25, 0.3) is 0 Å². The second-order valence-corrected chi connectivity index (χ2v) is 1.52. The number of nitrogens with one attached hydrogen (secondary N) is 1. The lowest BCUT2D eigenvalue weighted by molar-refractivity contribution is 0.754. The molecule has 3 nitrogen and oxygen atoms in total. The van der Waals surface area contributed by atoms with E-state index in [0.29, 0.717) is 6.54 Å². The van der Waals surface area contributed by atoms with E-state index in [0.717, 1.165) is 13.1 Å². The van der Waals surface area contributed by atoms with Gasteiger partial charge in [0.25, 0.3) is 0 Å². The minimum absolute atomic E-state index is 0.639. The van der Waals surface area contributed by atoms with Crippen LogP contribution in [0.15, 0.2) is 12.2 Å². The molecule has 0 bridgehead atoms. The van der Waals surface area contributed by atoms with E-state index in [4.69, 9.17) is 11.0 Å². The molecule has 0 fully saturated rings. The molecule has 0 heterocycles. The van der Waals surface area contributed by atoms with Crippen LogP contribution >= 0.6 is 0 Å². The number of nitrogens with two attached hydrogens (primary N) is 1. The Labute approximate surface area is 55.2 Å². The Balaban J connectivity index is 2.93. The van der Waals surface area contributed by atoms with Gasteiger partial charge in [0.05, 0.1) is 6.07 Å². The van der Waals surface area contributed by atoms with E-state index in [-0.39, 0.29) is 0 Å². The standard InChI is InChI=1S/C6H11N3/c7-3-1-2-5-9-6-4-8/h1-2,9H,4-6,8H2. The topological polar surface area (TPSA) is 61.8 Å². The Hall–Kier alpha value is -0.850. The highest BCUT2D eigenvalue weighted by molar-refractivity contribution is 5.02. The molecule has 0 aliphatic rings. The van der Waals surface area contributed by atoms with E-state index >= 15 is 0 Å². The van der Waals surface area contributed by atoms with Crippen molar-refractivity contribution in [2.45, 2.75) is 0 Å². The number of rotatable bonds is 4. The van der Waals surface area contributed by atoms with Crippen molar-refractivity contribution in [2.75, 3.05) is 19.6 Å². The molecule has 3 heteroatoms. The smallest absolute Gasteiger partial charge is 0.0909 e. The summed E-state index contributed by atoms with van der Waals surface area (Å²) in [6, 6.07) is 1.89. The van der Waals surface area contributed by atoms with Crippen LogP contribution in [0.4, 0.5) is 0 Å². The number of hydrogen-bond donors (Lipinski definition) is 2. The van der Waals surface area contributed by atoms with Crippen molar-refractivity contribution < 1.29 is 0 Å². The zero-order valence-corrected chi connectivity index (χ0v) is 5.30. The van der Waals surface area contributed by atoms with Crippen molar-refractivity contribution in [3.8, 4) is 6.07 Å². The second kappa shape index (κ2) is 7.15. The third-order valence-corrected chi connectivity index (χ3v) is 0.776. The predicted octanol–water partition coefficient (Wildman–Crippen LogP) is -0.386. The first-order valence-electron chi connectivity index (χ1n) is 2.87. The SMILES string of the molecule is N#CC=CCNCCN. The highest BCUT2D eigenvalue weighted by Gasteiger charge is 1.75. The van der Waals surface area contributed by atoms with Gasteiger partial charge >= 0.3 is 0 Å². The van der Waals surface area contributed by atoms with Gasteiger partial charge in [0.2, 0.25) is 0 Å². The maximum atomic E-state index is 8.03. The van der Waals surface area contributed by atoms with Crippen LogP contribution in [0.1, 0.15) is 0 Å². The van der Waals surface area contributed by atoms with Crippen molar-refractivity contribution >= 4 is 0 Å². The Kier molecular flexibility index (Phi) is 6.47. The Morgan fingerprint density at radius 1 is 1.67 bits per heavy atom. The summed E-state index contributed by atoms with van der Waals surface area (Å²) in [5, 5.41) is 11.0. The summed E-state index contributed by atoms with van der Waals surface area (Å²) < 4.78 is 0. The van der Waals surface area contributed by atoms with Gasteiger partial charge in [0.1, 0.15) is 0 Å². The van der Waals surface area contributed by atoms with Gasteiger partial charge in [-0.15, -0.1) is 0 Å². The summed E-state index contributed by atoms with van der Waals surface area (Å²) in [5.41, 5.74) is 5.19. The molecule has 0 amide bonds. The van der Waals surface area contributed by atoms with Crippen LogP contribution in [0.3, 0.4) is 0 Å². The molecular formula is C6H11N3. The first-order valence-corrected chi connectivity index (χ1v) is 2.87. The van der Waals surface area contributed by atoms with Gasteiger partial charge in [0, 0.05) is 25.7 Å². The first-order chi connectivity index (χ1) is 4.41. The van der Waals surface area contributed by atoms with Crippen LogP contribution in [-0.4, -0.2) is 19.6 Å². The predicted molar refractivity (Wildman–Crippen MR) is 36.7 cm³/mol. The largest absolute Gasteiger partial charge is 0.329 e. The van der Waals surface area contributed by atoms with Gasteiger partial charge in [-0.1, -0.05) is 6.08 Å². The monoisotopic (exact) mass is 125 g/mol. The molecule has 3 N–H and O–H groups in total. The fraction of sp³-hybridized carbons (Fsp3) is 0.500. The van der Waals surface area contributed by atoms with Gasteiger partial charge in [-0.2, -0.15) is 5.26 Å². The maximum absolute atomic E-state index is 8.03. The zero-order chi connectivity index (χ0) is 6.95. The third-order valence-electron chi connectivity index (χ3n) is 0.776. The van der Waals surface area contributed by atoms with Crippen molar-refractivity contribution in [1.82, 2.24) is 5.32 Å². The van der Waals surface area contributed by atoms with E-state index in [1.165, 1.54) is 6.08 Å². The fourth-order valence-electron chi connectivity index (χ4n) is 0.399. The molecule has 0 atom stereocenters. The lowest BCUT2D eigenvalue weighted by atomic mass is 10.5. The highest BCUT2D eigenvalue weighted by Crippen LogP contribution is 1.65. The lowest BCUT2D eigenvalue weighted by Gasteiger charge is -1.93. The van der Waals surface area contributed by atoms with Gasteiger partial charge in [0.15, 0.2) is 0 Å². The Morgan fingerprint density at radius 2 is 2.44 bits per heavy atom. The quantitative estimate of drug-likeness (QED) is 0.397. The molecule has 9 heavy (non-hydrogen) atoms. The van der Waals surface area contributed by atoms with Gasteiger partial charge < -0.3 is 11.1 Å². The Morgan fingerprint density at radius 3 is 3.00 bits per heavy atom. The molecule has 0 aliphatic heterocycles. The van der Waals surface area contributed by atoms with Crippen molar-refractivity contribution in [2.24, 2.45) is 5.73 Å². The molecule has 0 saturated heterocycles. The van der Waals surface area contributed by atoms with Crippen molar-refractivity contribution in [3.05, 3.63) is 12.2 Å². The molecule has 0 aromatic heterocycles. The van der Waals surface area contributed by atoms with E-state index in [1.807, 2.05) is 6.07 Å². The molecule has 0 saturated carbocycles. The molecule has 0 spiro atoms. The van der Waals surface area contributed by atoms with Gasteiger partial charge in [-0.3, -0.25) is 0 Å². The van der Waals surface area contributed by atoms with Crippen LogP contribution in [0.5, 0.6) is 0 Å². The van der Waals surface area contributed by atoms with Crippen molar-refractivity contribution in [1.29, 1.82) is 5.26 Å². The molecule has 50 valence electrons. The number of nitriles is 1. The lowest BCUT2D eigenvalue weighted by Crippen LogP contribution is -2.22. The number of hydrogen-bond acceptors (Lipinski definition) is 3. The normalized spacial score (nSPS) is 9.78. The van der Waals surface area contributed by atoms with E-state index in [1.54, 1.807) is 6.08 Å². The van der Waals surface area contributed by atoms with Gasteiger partial charge in [-0.05, 0) is 0 Å². The van der Waals surface area contributed by atoms with Gasteiger partial charge in [-0.25, -0.2) is 0 Å². The molecular weight excluding hydrogens is 114 g/mol. The summed E-state index contributed by atoms with van der Waals surface area (Å²) >= 11 is 0. The van der Waals surface area contributed by atoms with E-state index in [9.17, 15) is 0 Å². The minimum Gasteiger partial charge on any atom is -0.329 e. The molecule has 0 radical (unpaired) electrons. The van der Waals surface area contributed by atoms with Crippen LogP contribution in [-0.2, 0) is 0 Å². The summed E-state index contributed by atoms with van der Waals surface area (Å²) in [7, 11) is 0. The van der Waals surface area contributed by atoms with Crippen LogP contribution < -0.4 is 11.1 Å². The van der Waals surface area contributed by atoms with Crippen LogP contribution in [0.2, 0.25) is 0 Å². The van der Waals surface area contributed by atoms with E-state index in [2.05, 4.69) is 5.32 Å². The number of nitrogens with zero attached hydrogens (tertiary/aromatic N) is 1. The molecule has 0 aliphatic carbocycles. The summed E-state index contributed by atoms with van der Waals surface area (Å²) in [4.78, 5) is 0. The minimum atomic E-state index is 0.639.